The van der Waals surface area contributed by atoms with Gasteiger partial charge in [0, 0.05) is 30.6 Å². The number of benzene rings is 1. The first-order chi connectivity index (χ1) is 13.1. The van der Waals surface area contributed by atoms with Gasteiger partial charge in [0.25, 0.3) is 0 Å². The summed E-state index contributed by atoms with van der Waals surface area (Å²) in [5, 5.41) is 0.752. The van der Waals surface area contributed by atoms with E-state index in [4.69, 9.17) is 0 Å². The van der Waals surface area contributed by atoms with Gasteiger partial charge in [-0.05, 0) is 62.1 Å². The summed E-state index contributed by atoms with van der Waals surface area (Å²) in [6.45, 7) is 12.1. The molecule has 0 bridgehead atoms. The van der Waals surface area contributed by atoms with Crippen LogP contribution in [0.25, 0.3) is 0 Å². The predicted molar refractivity (Wildman–Crippen MR) is 115 cm³/mol. The molecule has 1 heterocycles. The first-order valence-electron chi connectivity index (χ1n) is 9.33. The Labute approximate surface area is 172 Å². The third-order valence-corrected chi connectivity index (χ3v) is 7.90. The Hall–Kier alpha value is -1.70. The van der Waals surface area contributed by atoms with Crippen LogP contribution >= 0.6 is 11.8 Å². The number of Topliss-reactive ketones (excluding diaryl/α,β-unsaturated/α-hetero) is 1. The molecule has 2 aromatic rings. The summed E-state index contributed by atoms with van der Waals surface area (Å²) in [6.07, 6.45) is 1.42. The lowest BCUT2D eigenvalue weighted by molar-refractivity contribution is 0.101. The Morgan fingerprint density at radius 2 is 1.75 bits per heavy atom. The number of aryl methyl sites for hydroxylation is 2. The molecule has 5 nitrogen and oxygen atoms in total. The Kier molecular flexibility index (Phi) is 7.42. The second-order valence-corrected chi connectivity index (χ2v) is 9.69. The molecule has 0 N–H and O–H groups in total. The van der Waals surface area contributed by atoms with Crippen molar-refractivity contribution in [3.8, 4) is 0 Å². The molecule has 2 rings (SSSR count). The number of carbonyl (C=O) groups excluding carboxylic acids is 1. The zero-order valence-corrected chi connectivity index (χ0v) is 19.0. The second-order valence-electron chi connectivity index (χ2n) is 6.76. The Bertz CT molecular complexity index is 964. The minimum Gasteiger partial charge on any atom is -0.294 e. The first-order valence-corrected chi connectivity index (χ1v) is 11.8. The van der Waals surface area contributed by atoms with Crippen molar-refractivity contribution in [1.82, 2.24) is 9.29 Å². The summed E-state index contributed by atoms with van der Waals surface area (Å²) in [7, 11) is -3.49. The average Bonchev–Trinajstić information content (AvgIpc) is 2.62. The van der Waals surface area contributed by atoms with Gasteiger partial charge in [-0.3, -0.25) is 4.79 Å². The Morgan fingerprint density at radius 3 is 2.25 bits per heavy atom. The molecule has 0 fully saturated rings. The number of carbonyl (C=O) groups is 1. The maximum absolute atomic E-state index is 12.6. The van der Waals surface area contributed by atoms with Gasteiger partial charge in [-0.25, -0.2) is 13.4 Å². The Balaban J connectivity index is 2.23. The maximum atomic E-state index is 12.6. The smallest absolute Gasteiger partial charge is 0.244 e. The van der Waals surface area contributed by atoms with E-state index < -0.39 is 10.0 Å². The van der Waals surface area contributed by atoms with Gasteiger partial charge in [-0.2, -0.15) is 4.31 Å². The van der Waals surface area contributed by atoms with Crippen LogP contribution in [0.1, 0.15) is 53.4 Å². The molecule has 152 valence electrons. The second kappa shape index (κ2) is 9.20. The molecular weight excluding hydrogens is 392 g/mol. The van der Waals surface area contributed by atoms with E-state index in [1.165, 1.54) is 22.3 Å². The molecule has 0 amide bonds. The summed E-state index contributed by atoms with van der Waals surface area (Å²) >= 11 is 1.54. The number of sulfonamides is 1. The molecule has 28 heavy (non-hydrogen) atoms. The van der Waals surface area contributed by atoms with E-state index in [2.05, 4.69) is 4.98 Å². The predicted octanol–water partition coefficient (Wildman–Crippen LogP) is 4.53. The quantitative estimate of drug-likeness (QED) is 0.463. The van der Waals surface area contributed by atoms with Crippen LogP contribution < -0.4 is 0 Å². The lowest BCUT2D eigenvalue weighted by Gasteiger charge is -2.18. The van der Waals surface area contributed by atoms with Gasteiger partial charge in [-0.1, -0.05) is 19.9 Å². The minimum absolute atomic E-state index is 0.0744. The third-order valence-electron chi connectivity index (χ3n) is 4.90. The maximum Gasteiger partial charge on any atom is 0.244 e. The van der Waals surface area contributed by atoms with E-state index in [0.717, 1.165) is 32.8 Å². The van der Waals surface area contributed by atoms with Crippen molar-refractivity contribution in [3.05, 3.63) is 52.2 Å². The number of rotatable bonds is 8. The summed E-state index contributed by atoms with van der Waals surface area (Å²) in [6, 6.07) is 5.40. The minimum atomic E-state index is -3.49. The van der Waals surface area contributed by atoms with E-state index in [0.29, 0.717) is 18.8 Å². The van der Waals surface area contributed by atoms with Crippen LogP contribution in [0.4, 0.5) is 0 Å². The largest absolute Gasteiger partial charge is 0.294 e. The van der Waals surface area contributed by atoms with Crippen molar-refractivity contribution in [3.63, 3.8) is 0 Å². The van der Waals surface area contributed by atoms with Crippen LogP contribution in [0.15, 0.2) is 34.3 Å². The molecule has 0 aliphatic rings. The average molecular weight is 421 g/mol. The van der Waals surface area contributed by atoms with E-state index in [-0.39, 0.29) is 10.7 Å². The topological polar surface area (TPSA) is 67.3 Å². The van der Waals surface area contributed by atoms with Gasteiger partial charge in [0.2, 0.25) is 10.0 Å². The molecular formula is C21H28N2O3S2. The van der Waals surface area contributed by atoms with Crippen molar-refractivity contribution in [2.75, 3.05) is 13.1 Å². The summed E-state index contributed by atoms with van der Waals surface area (Å²) < 4.78 is 26.5. The fourth-order valence-corrected chi connectivity index (χ4v) is 5.89. The monoisotopic (exact) mass is 420 g/mol. The lowest BCUT2D eigenvalue weighted by atomic mass is 9.92. The lowest BCUT2D eigenvalue weighted by Crippen LogP contribution is -2.30. The molecule has 1 aromatic carbocycles. The number of aromatic nitrogens is 1. The first kappa shape index (κ1) is 22.6. The fraction of sp³-hybridized carbons (Fsp3) is 0.429. The van der Waals surface area contributed by atoms with E-state index in [1.807, 2.05) is 40.7 Å². The summed E-state index contributed by atoms with van der Waals surface area (Å²) in [5.41, 5.74) is 5.07. The third kappa shape index (κ3) is 4.64. The van der Waals surface area contributed by atoms with Gasteiger partial charge in [-0.15, -0.1) is 11.8 Å². The van der Waals surface area contributed by atoms with Crippen molar-refractivity contribution in [2.24, 2.45) is 0 Å². The van der Waals surface area contributed by atoms with E-state index in [1.54, 1.807) is 19.1 Å². The van der Waals surface area contributed by atoms with Crippen molar-refractivity contribution in [1.29, 1.82) is 0 Å². The highest BCUT2D eigenvalue weighted by molar-refractivity contribution is 7.98. The number of ketones is 1. The van der Waals surface area contributed by atoms with Gasteiger partial charge in [0.05, 0.1) is 5.03 Å². The zero-order valence-electron chi connectivity index (χ0n) is 17.4. The summed E-state index contributed by atoms with van der Waals surface area (Å²) in [5.74, 6) is 0.748. The van der Waals surface area contributed by atoms with Gasteiger partial charge >= 0.3 is 0 Å². The van der Waals surface area contributed by atoms with Crippen molar-refractivity contribution >= 4 is 27.6 Å². The molecule has 0 saturated heterocycles. The van der Waals surface area contributed by atoms with Gasteiger partial charge in [0.1, 0.15) is 4.90 Å². The SMILES string of the molecule is CCN(CC)S(=O)(=O)c1ccc(SCc2c(C)cc(C)c(C(C)=O)c2C)nc1. The zero-order chi connectivity index (χ0) is 21.1. The van der Waals surface area contributed by atoms with Gasteiger partial charge < -0.3 is 0 Å². The van der Waals surface area contributed by atoms with Crippen LogP contribution in [0, 0.1) is 20.8 Å². The Morgan fingerprint density at radius 1 is 1.11 bits per heavy atom. The number of pyridine rings is 1. The van der Waals surface area contributed by atoms with Crippen LogP contribution in [-0.2, 0) is 15.8 Å². The molecule has 0 atom stereocenters. The number of hydrogen-bond acceptors (Lipinski definition) is 5. The molecule has 1 aromatic heterocycles. The van der Waals surface area contributed by atoms with Crippen LogP contribution in [0.5, 0.6) is 0 Å². The van der Waals surface area contributed by atoms with Crippen molar-refractivity contribution < 1.29 is 13.2 Å². The highest BCUT2D eigenvalue weighted by atomic mass is 32.2. The van der Waals surface area contributed by atoms with E-state index >= 15 is 0 Å². The molecule has 0 saturated carbocycles. The van der Waals surface area contributed by atoms with Crippen LogP contribution in [0.2, 0.25) is 0 Å². The number of hydrogen-bond donors (Lipinski definition) is 0. The normalized spacial score (nSPS) is 11.8. The van der Waals surface area contributed by atoms with E-state index in [9.17, 15) is 13.2 Å². The molecule has 0 aliphatic heterocycles. The van der Waals surface area contributed by atoms with Crippen LogP contribution in [-0.4, -0.2) is 36.6 Å². The molecule has 0 radical (unpaired) electrons. The molecule has 0 spiro atoms. The number of thioether (sulfide) groups is 1. The number of nitrogens with zero attached hydrogens (tertiary/aromatic N) is 2. The van der Waals surface area contributed by atoms with Crippen LogP contribution in [0.3, 0.4) is 0 Å². The van der Waals surface area contributed by atoms with Gasteiger partial charge in [0.15, 0.2) is 5.78 Å². The molecule has 0 unspecified atom stereocenters. The fourth-order valence-electron chi connectivity index (χ4n) is 3.45. The highest BCUT2D eigenvalue weighted by Gasteiger charge is 2.22. The van der Waals surface area contributed by atoms with Crippen molar-refractivity contribution in [2.45, 2.75) is 57.2 Å². The standard InChI is InChI=1S/C21H28N2O3S2/c1-7-23(8-2)28(25,26)18-9-10-20(22-12-18)27-13-19-14(3)11-15(4)21(16(19)5)17(6)24/h9-12H,7-8,13H2,1-6H3. The highest BCUT2D eigenvalue weighted by Crippen LogP contribution is 2.29. The summed E-state index contributed by atoms with van der Waals surface area (Å²) in [4.78, 5) is 16.5. The molecule has 0 aliphatic carbocycles. The molecule has 7 heteroatoms.